The lowest BCUT2D eigenvalue weighted by atomic mass is 9.83. The second kappa shape index (κ2) is 3.50. The highest BCUT2D eigenvalue weighted by atomic mass is 15.1. The molecule has 1 aromatic rings. The maximum Gasteiger partial charge on any atom is 0.0671 e. The number of nitrogens with zero attached hydrogens (tertiary/aromatic N) is 1. The van der Waals surface area contributed by atoms with Gasteiger partial charge in [-0.25, -0.2) is 0 Å². The maximum atomic E-state index is 6.07. The van der Waals surface area contributed by atoms with E-state index in [4.69, 9.17) is 5.73 Å². The molecule has 0 spiro atoms. The zero-order chi connectivity index (χ0) is 9.26. The van der Waals surface area contributed by atoms with Gasteiger partial charge in [0.05, 0.1) is 5.69 Å². The molecule has 1 fully saturated rings. The van der Waals surface area contributed by atoms with E-state index in [1.54, 1.807) is 0 Å². The molecule has 3 heteroatoms. The van der Waals surface area contributed by atoms with Crippen molar-refractivity contribution in [1.82, 2.24) is 10.2 Å². The third-order valence-electron chi connectivity index (χ3n) is 2.93. The van der Waals surface area contributed by atoms with Crippen molar-refractivity contribution in [3.05, 3.63) is 17.5 Å². The summed E-state index contributed by atoms with van der Waals surface area (Å²) in [4.78, 5) is 0. The van der Waals surface area contributed by atoms with Gasteiger partial charge in [0.2, 0.25) is 0 Å². The number of nitrogens with two attached hydrogens (primary N) is 1. The normalized spacial score (nSPS) is 29.1. The molecule has 3 N–H and O–H groups in total. The first-order chi connectivity index (χ1) is 6.27. The van der Waals surface area contributed by atoms with Crippen LogP contribution in [0.4, 0.5) is 0 Å². The zero-order valence-electron chi connectivity index (χ0n) is 8.09. The lowest BCUT2D eigenvalue weighted by Crippen LogP contribution is -2.31. The Morgan fingerprint density at radius 2 is 2.23 bits per heavy atom. The molecular weight excluding hydrogens is 162 g/mol. The molecule has 1 aromatic heterocycles. The van der Waals surface area contributed by atoms with Crippen LogP contribution in [-0.4, -0.2) is 16.2 Å². The van der Waals surface area contributed by atoms with Gasteiger partial charge in [-0.1, -0.05) is 12.8 Å². The minimum atomic E-state index is 0.316. The molecule has 2 unspecified atom stereocenters. The minimum Gasteiger partial charge on any atom is -0.327 e. The predicted molar refractivity (Wildman–Crippen MR) is 52.5 cm³/mol. The van der Waals surface area contributed by atoms with Gasteiger partial charge in [-0.2, -0.15) is 5.10 Å². The van der Waals surface area contributed by atoms with Gasteiger partial charge in [-0.15, -0.1) is 0 Å². The van der Waals surface area contributed by atoms with Gasteiger partial charge in [0.15, 0.2) is 0 Å². The van der Waals surface area contributed by atoms with Gasteiger partial charge in [0, 0.05) is 17.7 Å². The zero-order valence-corrected chi connectivity index (χ0v) is 8.09. The predicted octanol–water partition coefficient (Wildman–Crippen LogP) is 1.70. The third-order valence-corrected chi connectivity index (χ3v) is 2.93. The van der Waals surface area contributed by atoms with Crippen LogP contribution in [0.5, 0.6) is 0 Å². The maximum absolute atomic E-state index is 6.07. The Balaban J connectivity index is 2.14. The van der Waals surface area contributed by atoms with Crippen molar-refractivity contribution >= 4 is 0 Å². The van der Waals surface area contributed by atoms with E-state index in [-0.39, 0.29) is 0 Å². The number of hydrogen-bond donors (Lipinski definition) is 2. The van der Waals surface area contributed by atoms with Crippen LogP contribution >= 0.6 is 0 Å². The topological polar surface area (TPSA) is 54.7 Å². The quantitative estimate of drug-likeness (QED) is 0.689. The second-order valence-electron chi connectivity index (χ2n) is 4.03. The van der Waals surface area contributed by atoms with Gasteiger partial charge in [0.1, 0.15) is 0 Å². The Bertz CT molecular complexity index is 279. The molecule has 1 saturated carbocycles. The highest BCUT2D eigenvalue weighted by molar-refractivity contribution is 5.14. The van der Waals surface area contributed by atoms with Crippen LogP contribution in [0, 0.1) is 6.92 Å². The number of rotatable bonds is 1. The fourth-order valence-corrected chi connectivity index (χ4v) is 2.16. The van der Waals surface area contributed by atoms with Crippen molar-refractivity contribution < 1.29 is 0 Å². The van der Waals surface area contributed by atoms with Crippen molar-refractivity contribution in [2.24, 2.45) is 5.73 Å². The molecule has 0 bridgehead atoms. The van der Waals surface area contributed by atoms with Gasteiger partial charge in [-0.05, 0) is 25.8 Å². The number of hydrogen-bond acceptors (Lipinski definition) is 2. The smallest absolute Gasteiger partial charge is 0.0671 e. The first kappa shape index (κ1) is 8.75. The van der Waals surface area contributed by atoms with Crippen LogP contribution in [0.2, 0.25) is 0 Å². The van der Waals surface area contributed by atoms with Crippen LogP contribution in [0.25, 0.3) is 0 Å². The fraction of sp³-hybridized carbons (Fsp3) is 0.700. The number of aryl methyl sites for hydroxylation is 1. The van der Waals surface area contributed by atoms with E-state index in [0.717, 1.165) is 17.8 Å². The van der Waals surface area contributed by atoms with E-state index >= 15 is 0 Å². The van der Waals surface area contributed by atoms with E-state index in [1.165, 1.54) is 19.3 Å². The van der Waals surface area contributed by atoms with Crippen molar-refractivity contribution in [2.45, 2.75) is 44.6 Å². The summed E-state index contributed by atoms with van der Waals surface area (Å²) in [5.74, 6) is 0.485. The lowest BCUT2D eigenvalue weighted by Gasteiger charge is -2.26. The Hall–Kier alpha value is -0.830. The SMILES string of the molecule is Cc1cc(C2CCCCC2N)n[nH]1. The molecule has 1 aliphatic carbocycles. The molecule has 13 heavy (non-hydrogen) atoms. The molecule has 0 aliphatic heterocycles. The van der Waals surface area contributed by atoms with Crippen molar-refractivity contribution in [1.29, 1.82) is 0 Å². The first-order valence-electron chi connectivity index (χ1n) is 5.05. The van der Waals surface area contributed by atoms with Gasteiger partial charge >= 0.3 is 0 Å². The largest absolute Gasteiger partial charge is 0.327 e. The van der Waals surface area contributed by atoms with Gasteiger partial charge < -0.3 is 5.73 Å². The minimum absolute atomic E-state index is 0.316. The average Bonchev–Trinajstić information content (AvgIpc) is 2.53. The highest BCUT2D eigenvalue weighted by Crippen LogP contribution is 2.30. The van der Waals surface area contributed by atoms with E-state index in [0.29, 0.717) is 12.0 Å². The first-order valence-corrected chi connectivity index (χ1v) is 5.05. The monoisotopic (exact) mass is 179 g/mol. The summed E-state index contributed by atoms with van der Waals surface area (Å²) in [5, 5.41) is 7.27. The molecule has 2 rings (SSSR count). The summed E-state index contributed by atoms with van der Waals surface area (Å²) in [6, 6.07) is 2.44. The van der Waals surface area contributed by atoms with E-state index in [9.17, 15) is 0 Å². The molecule has 0 aromatic carbocycles. The van der Waals surface area contributed by atoms with Crippen molar-refractivity contribution in [3.8, 4) is 0 Å². The molecular formula is C10H17N3. The molecule has 1 heterocycles. The van der Waals surface area contributed by atoms with E-state index < -0.39 is 0 Å². The summed E-state index contributed by atoms with van der Waals surface area (Å²) in [6.45, 7) is 2.03. The van der Waals surface area contributed by atoms with Crippen LogP contribution in [0.15, 0.2) is 6.07 Å². The molecule has 0 radical (unpaired) electrons. The lowest BCUT2D eigenvalue weighted by molar-refractivity contribution is 0.379. The van der Waals surface area contributed by atoms with E-state index in [2.05, 4.69) is 16.3 Å². The van der Waals surface area contributed by atoms with Crippen molar-refractivity contribution in [3.63, 3.8) is 0 Å². The number of aromatic nitrogens is 2. The number of H-pyrrole nitrogens is 1. The van der Waals surface area contributed by atoms with Crippen LogP contribution in [0.1, 0.15) is 43.0 Å². The van der Waals surface area contributed by atoms with Crippen molar-refractivity contribution in [2.75, 3.05) is 0 Å². The van der Waals surface area contributed by atoms with E-state index in [1.807, 2.05) is 6.92 Å². The average molecular weight is 179 g/mol. The molecule has 0 amide bonds. The molecule has 2 atom stereocenters. The summed E-state index contributed by atoms with van der Waals surface area (Å²) in [7, 11) is 0. The highest BCUT2D eigenvalue weighted by Gasteiger charge is 2.24. The fourth-order valence-electron chi connectivity index (χ4n) is 2.16. The van der Waals surface area contributed by atoms with Gasteiger partial charge in [0.25, 0.3) is 0 Å². The standard InChI is InChI=1S/C10H17N3/c1-7-6-10(13-12-7)8-4-2-3-5-9(8)11/h6,8-9H,2-5,11H2,1H3,(H,12,13). The molecule has 72 valence electrons. The summed E-state index contributed by atoms with van der Waals surface area (Å²) in [6.07, 6.45) is 4.92. The number of aromatic amines is 1. The van der Waals surface area contributed by atoms with Crippen LogP contribution < -0.4 is 5.73 Å². The summed E-state index contributed by atoms with van der Waals surface area (Å²) in [5.41, 5.74) is 8.36. The molecule has 0 saturated heterocycles. The van der Waals surface area contributed by atoms with Gasteiger partial charge in [-0.3, -0.25) is 5.10 Å². The molecule has 3 nitrogen and oxygen atoms in total. The summed E-state index contributed by atoms with van der Waals surface area (Å²) >= 11 is 0. The number of nitrogens with one attached hydrogen (secondary N) is 1. The Morgan fingerprint density at radius 1 is 1.46 bits per heavy atom. The van der Waals surface area contributed by atoms with Crippen LogP contribution in [-0.2, 0) is 0 Å². The third kappa shape index (κ3) is 1.75. The Labute approximate surface area is 78.7 Å². The molecule has 1 aliphatic rings. The summed E-state index contributed by atoms with van der Waals surface area (Å²) < 4.78 is 0. The Kier molecular flexibility index (Phi) is 2.36. The Morgan fingerprint density at radius 3 is 2.85 bits per heavy atom. The van der Waals surface area contributed by atoms with Crippen LogP contribution in [0.3, 0.4) is 0 Å². The second-order valence-corrected chi connectivity index (χ2v) is 4.03.